The lowest BCUT2D eigenvalue weighted by Gasteiger charge is -2.29. The Morgan fingerprint density at radius 3 is 1.10 bits per heavy atom. The van der Waals surface area contributed by atoms with Gasteiger partial charge in [-0.2, -0.15) is 0 Å². The second kappa shape index (κ2) is 6.62. The van der Waals surface area contributed by atoms with Crippen molar-refractivity contribution in [2.75, 3.05) is 12.5 Å². The van der Waals surface area contributed by atoms with Crippen molar-refractivity contribution in [2.24, 2.45) is 0 Å². The normalized spacial score (nSPS) is 23.9. The molecule has 0 aromatic rings. The van der Waals surface area contributed by atoms with Crippen molar-refractivity contribution >= 4 is 19.7 Å². The molecule has 2 unspecified atom stereocenters. The van der Waals surface area contributed by atoms with Gasteiger partial charge in [0, 0.05) is 15.2 Å². The first kappa shape index (κ1) is 16.0. The quantitative estimate of drug-likeness (QED) is 0.262. The van der Waals surface area contributed by atoms with Gasteiger partial charge in [-0.25, -0.2) is 16.8 Å². The molecule has 0 spiro atoms. The first-order valence-electron chi connectivity index (χ1n) is 6.35. The summed E-state index contributed by atoms with van der Waals surface area (Å²) in [5, 5.41) is 56.3. The van der Waals surface area contributed by atoms with Gasteiger partial charge in [-0.05, 0) is 0 Å². The highest BCUT2D eigenvalue weighted by molar-refractivity contribution is 7.91. The number of aliphatic hydroxyl groups is 6. The monoisotopic (exact) mass is 340 g/mol. The predicted molar refractivity (Wildman–Crippen MR) is 65.7 cm³/mol. The van der Waals surface area contributed by atoms with Crippen LogP contribution >= 0.6 is 0 Å². The van der Waals surface area contributed by atoms with Gasteiger partial charge in [-0.3, -0.25) is 0 Å². The molecule has 0 aromatic heterocycles. The molecule has 0 aliphatic heterocycles. The van der Waals surface area contributed by atoms with Crippen LogP contribution in [0, 0.1) is 0 Å². The largest absolute Gasteiger partial charge is 0.387 e. The Hall–Kier alpha value is -0.340. The van der Waals surface area contributed by atoms with Crippen LogP contribution in [0.4, 0.5) is 0 Å². The van der Waals surface area contributed by atoms with Crippen molar-refractivity contribution in [1.29, 1.82) is 0 Å². The molecule has 0 aromatic carbocycles. The van der Waals surface area contributed by atoms with Gasteiger partial charge >= 0.3 is 0 Å². The first-order valence-corrected chi connectivity index (χ1v) is 8.36. The van der Waals surface area contributed by atoms with Crippen molar-refractivity contribution in [1.82, 2.24) is 0 Å². The van der Waals surface area contributed by atoms with E-state index in [1.807, 2.05) is 0 Å². The number of sulfone groups is 2. The minimum absolute atomic E-state index is 1.34. The Morgan fingerprint density at radius 2 is 0.900 bits per heavy atom. The van der Waals surface area contributed by atoms with Gasteiger partial charge in [0.1, 0.15) is 24.4 Å². The summed E-state index contributed by atoms with van der Waals surface area (Å²) in [5.41, 5.74) is -5.35. The SMILES string of the molecule is [2H]CS(=O)(=O)C(O)[C@@H](O)[C@@H](O)[C@H](O)[C@H](O)C(O)S(=O)(=O)C[2H]. The summed E-state index contributed by atoms with van der Waals surface area (Å²) in [6.45, 7) is 0. The van der Waals surface area contributed by atoms with Gasteiger partial charge in [0.2, 0.25) is 0 Å². The zero-order valence-corrected chi connectivity index (χ0v) is 11.6. The van der Waals surface area contributed by atoms with E-state index in [0.717, 1.165) is 0 Å². The maximum atomic E-state index is 11.2. The summed E-state index contributed by atoms with van der Waals surface area (Å²) in [6, 6.07) is 0. The minimum atomic E-state index is -4.55. The molecule has 6 N–H and O–H groups in total. The predicted octanol–water partition coefficient (Wildman–Crippen LogP) is -4.84. The fourth-order valence-electron chi connectivity index (χ4n) is 1.17. The van der Waals surface area contributed by atoms with Gasteiger partial charge in [0.25, 0.3) is 0 Å². The van der Waals surface area contributed by atoms with E-state index in [-0.39, 0.29) is 0 Å². The highest BCUT2D eigenvalue weighted by Crippen LogP contribution is 2.15. The third-order valence-corrected chi connectivity index (χ3v) is 4.40. The first-order chi connectivity index (χ1) is 9.83. The fourth-order valence-corrected chi connectivity index (χ4v) is 2.34. The molecule has 20 heavy (non-hydrogen) atoms. The summed E-state index contributed by atoms with van der Waals surface area (Å²) in [5.74, 6) is 0. The maximum absolute atomic E-state index is 11.2. The van der Waals surface area contributed by atoms with Crippen molar-refractivity contribution in [3.8, 4) is 0 Å². The van der Waals surface area contributed by atoms with Gasteiger partial charge in [-0.1, -0.05) is 0 Å². The Bertz CT molecular complexity index is 499. The molecule has 0 amide bonds. The Kier molecular flexibility index (Phi) is 5.30. The third kappa shape index (κ3) is 4.89. The Balaban J connectivity index is 5.18. The molecule has 0 radical (unpaired) electrons. The molecule has 0 fully saturated rings. The summed E-state index contributed by atoms with van der Waals surface area (Å²) in [7, 11) is -9.09. The van der Waals surface area contributed by atoms with Crippen LogP contribution in [0.5, 0.6) is 0 Å². The van der Waals surface area contributed by atoms with Gasteiger partial charge in [-0.15, -0.1) is 0 Å². The molecular weight excluding hydrogens is 320 g/mol. The van der Waals surface area contributed by atoms with Crippen LogP contribution in [0.3, 0.4) is 0 Å². The average Bonchev–Trinajstić information content (AvgIpc) is 2.50. The molecule has 122 valence electrons. The van der Waals surface area contributed by atoms with Gasteiger partial charge < -0.3 is 30.6 Å². The zero-order valence-electron chi connectivity index (χ0n) is 12.0. The lowest BCUT2D eigenvalue weighted by atomic mass is 10.0. The molecule has 12 heteroatoms. The zero-order chi connectivity index (χ0) is 17.9. The van der Waals surface area contributed by atoms with E-state index in [2.05, 4.69) is 0 Å². The highest BCUT2D eigenvalue weighted by atomic mass is 32.2. The van der Waals surface area contributed by atoms with E-state index in [1.54, 1.807) is 0 Å². The summed E-state index contributed by atoms with van der Waals surface area (Å²) < 4.78 is 57.9. The van der Waals surface area contributed by atoms with Gasteiger partial charge in [0.15, 0.2) is 30.5 Å². The van der Waals surface area contributed by atoms with E-state index in [1.165, 1.54) is 0 Å². The number of hydrogen-bond donors (Lipinski definition) is 6. The average molecular weight is 340 g/mol. The number of aliphatic hydroxyl groups excluding tert-OH is 6. The standard InChI is InChI=1S/C8H18O10S2/c1-19(15,16)7(13)5(11)3(9)4(10)6(12)8(14)20(2,17)18/h3-14H,1-2H3/t3-,4-,5-,6-,7?,8?/m0/s1/i1D,2D. The Labute approximate surface area is 118 Å². The van der Waals surface area contributed by atoms with Crippen molar-refractivity contribution < 1.29 is 50.2 Å². The molecule has 6 atom stereocenters. The van der Waals surface area contributed by atoms with E-state index in [9.17, 15) is 47.5 Å². The molecular formula is C8H18O10S2. The number of hydrogen-bond acceptors (Lipinski definition) is 10. The van der Waals surface area contributed by atoms with Crippen molar-refractivity contribution in [3.05, 3.63) is 0 Å². The number of rotatable bonds is 7. The topological polar surface area (TPSA) is 190 Å². The molecule has 0 saturated carbocycles. The molecule has 0 rings (SSSR count). The van der Waals surface area contributed by atoms with E-state index in [0.29, 0.717) is 0 Å². The smallest absolute Gasteiger partial charge is 0.183 e. The maximum Gasteiger partial charge on any atom is 0.183 e. The lowest BCUT2D eigenvalue weighted by molar-refractivity contribution is -0.133. The molecule has 10 nitrogen and oxygen atoms in total. The van der Waals surface area contributed by atoms with Crippen molar-refractivity contribution in [3.63, 3.8) is 0 Å². The summed E-state index contributed by atoms with van der Waals surface area (Å²) >= 11 is 0. The van der Waals surface area contributed by atoms with Crippen molar-refractivity contribution in [2.45, 2.75) is 35.3 Å². The fraction of sp³-hybridized carbons (Fsp3) is 1.00. The minimum Gasteiger partial charge on any atom is -0.387 e. The van der Waals surface area contributed by atoms with Gasteiger partial charge in [0.05, 0.1) is 0 Å². The summed E-state index contributed by atoms with van der Waals surface area (Å²) in [6.07, 6.45) is -12.9. The second-order valence-corrected chi connectivity index (χ2v) is 7.69. The molecule has 0 saturated heterocycles. The van der Waals surface area contributed by atoms with E-state index in [4.69, 9.17) is 2.74 Å². The van der Waals surface area contributed by atoms with Crippen LogP contribution in [-0.2, 0) is 19.7 Å². The third-order valence-electron chi connectivity index (χ3n) is 2.37. The van der Waals surface area contributed by atoms with Crippen LogP contribution < -0.4 is 0 Å². The molecule has 0 bridgehead atoms. The second-order valence-electron chi connectivity index (χ2n) is 4.07. The Morgan fingerprint density at radius 1 is 0.650 bits per heavy atom. The van der Waals surface area contributed by atoms with Crippen LogP contribution in [-0.4, -0.2) is 95.2 Å². The lowest BCUT2D eigenvalue weighted by Crippen LogP contribution is -2.54. The van der Waals surface area contributed by atoms with Crippen LogP contribution in [0.2, 0.25) is 0 Å². The highest BCUT2D eigenvalue weighted by Gasteiger charge is 2.42. The molecule has 0 aliphatic carbocycles. The molecule has 0 aliphatic rings. The van der Waals surface area contributed by atoms with Crippen LogP contribution in [0.25, 0.3) is 0 Å². The molecule has 0 heterocycles. The van der Waals surface area contributed by atoms with E-state index >= 15 is 0 Å². The summed E-state index contributed by atoms with van der Waals surface area (Å²) in [4.78, 5) is 0. The van der Waals surface area contributed by atoms with E-state index < -0.39 is 67.4 Å². The van der Waals surface area contributed by atoms with Crippen LogP contribution in [0.15, 0.2) is 0 Å². The van der Waals surface area contributed by atoms with Crippen LogP contribution in [0.1, 0.15) is 2.74 Å².